The molecule has 0 radical (unpaired) electrons. The Morgan fingerprint density at radius 1 is 1.17 bits per heavy atom. The third kappa shape index (κ3) is 3.28. The number of carbonyl (C=O) groups is 1. The van der Waals surface area contributed by atoms with E-state index in [4.69, 9.17) is 9.73 Å². The summed E-state index contributed by atoms with van der Waals surface area (Å²) in [7, 11) is -3.40. The molecule has 2 atom stereocenters. The first-order chi connectivity index (χ1) is 11.6. The fourth-order valence-electron chi connectivity index (χ4n) is 2.93. The standard InChI is InChI=1S/C17H19N2O4P/c20-17(18-21)13-19-16(14-7-3-1-4-8-14)11-12-23-24(19,22)15-9-5-2-6-10-15/h1-10,16,21H,11-13H2,(H,18,20). The molecule has 1 saturated heterocycles. The molecule has 1 fully saturated rings. The summed E-state index contributed by atoms with van der Waals surface area (Å²) in [5.41, 5.74) is 2.58. The van der Waals surface area contributed by atoms with Crippen molar-refractivity contribution in [1.29, 1.82) is 0 Å². The van der Waals surface area contributed by atoms with Crippen LogP contribution in [0, 0.1) is 0 Å². The molecule has 0 saturated carbocycles. The van der Waals surface area contributed by atoms with Crippen LogP contribution in [0.1, 0.15) is 18.0 Å². The molecule has 2 aromatic rings. The Balaban J connectivity index is 2.04. The lowest BCUT2D eigenvalue weighted by Gasteiger charge is -2.41. The summed E-state index contributed by atoms with van der Waals surface area (Å²) < 4.78 is 20.9. The predicted octanol–water partition coefficient (Wildman–Crippen LogP) is 2.47. The van der Waals surface area contributed by atoms with Gasteiger partial charge in [0.15, 0.2) is 0 Å². The molecule has 2 aromatic carbocycles. The largest absolute Gasteiger partial charge is 0.314 e. The van der Waals surface area contributed by atoms with E-state index in [0.717, 1.165) is 5.56 Å². The van der Waals surface area contributed by atoms with Gasteiger partial charge in [0.05, 0.1) is 18.5 Å². The minimum Gasteiger partial charge on any atom is -0.314 e. The molecule has 24 heavy (non-hydrogen) atoms. The molecule has 0 aromatic heterocycles. The van der Waals surface area contributed by atoms with Crippen LogP contribution in [0.25, 0.3) is 0 Å². The Morgan fingerprint density at radius 2 is 1.79 bits per heavy atom. The van der Waals surface area contributed by atoms with Gasteiger partial charge >= 0.3 is 7.52 Å². The molecule has 126 valence electrons. The highest BCUT2D eigenvalue weighted by Crippen LogP contribution is 2.57. The van der Waals surface area contributed by atoms with Gasteiger partial charge in [0.1, 0.15) is 0 Å². The van der Waals surface area contributed by atoms with Crippen LogP contribution in [0.3, 0.4) is 0 Å². The van der Waals surface area contributed by atoms with Gasteiger partial charge in [-0.15, -0.1) is 0 Å². The second-order valence-electron chi connectivity index (χ2n) is 5.54. The normalized spacial score (nSPS) is 24.5. The third-order valence-corrected chi connectivity index (χ3v) is 6.63. The lowest BCUT2D eigenvalue weighted by Crippen LogP contribution is -2.41. The molecule has 0 aliphatic carbocycles. The molecule has 1 aliphatic heterocycles. The molecule has 7 heteroatoms. The highest BCUT2D eigenvalue weighted by molar-refractivity contribution is 7.64. The molecule has 0 spiro atoms. The van der Waals surface area contributed by atoms with Crippen molar-refractivity contribution < 1.29 is 19.1 Å². The van der Waals surface area contributed by atoms with E-state index in [1.807, 2.05) is 36.4 Å². The summed E-state index contributed by atoms with van der Waals surface area (Å²) in [5.74, 6) is -0.627. The van der Waals surface area contributed by atoms with Gasteiger partial charge in [-0.3, -0.25) is 14.6 Å². The van der Waals surface area contributed by atoms with Gasteiger partial charge in [0.25, 0.3) is 5.91 Å². The monoisotopic (exact) mass is 346 g/mol. The zero-order chi connectivity index (χ0) is 17.0. The molecule has 1 heterocycles. The quantitative estimate of drug-likeness (QED) is 0.505. The van der Waals surface area contributed by atoms with Crippen LogP contribution in [0.2, 0.25) is 0 Å². The molecule has 6 nitrogen and oxygen atoms in total. The summed E-state index contributed by atoms with van der Waals surface area (Å²) in [6.45, 7) is 0.116. The molecular formula is C17H19N2O4P. The van der Waals surface area contributed by atoms with Gasteiger partial charge in [-0.2, -0.15) is 0 Å². The molecule has 3 rings (SSSR count). The van der Waals surface area contributed by atoms with E-state index < -0.39 is 13.4 Å². The van der Waals surface area contributed by atoms with E-state index in [1.54, 1.807) is 34.4 Å². The minimum atomic E-state index is -3.40. The van der Waals surface area contributed by atoms with E-state index in [0.29, 0.717) is 18.3 Å². The van der Waals surface area contributed by atoms with E-state index in [2.05, 4.69) is 0 Å². The van der Waals surface area contributed by atoms with Crippen LogP contribution < -0.4 is 10.8 Å². The lowest BCUT2D eigenvalue weighted by atomic mass is 10.0. The zero-order valence-corrected chi connectivity index (χ0v) is 13.9. The summed E-state index contributed by atoms with van der Waals surface area (Å²) in [6, 6.07) is 18.2. The number of benzene rings is 2. The van der Waals surface area contributed by atoms with Gasteiger partial charge < -0.3 is 4.52 Å². The highest BCUT2D eigenvalue weighted by atomic mass is 31.2. The predicted molar refractivity (Wildman–Crippen MR) is 90.1 cm³/mol. The highest BCUT2D eigenvalue weighted by Gasteiger charge is 2.43. The van der Waals surface area contributed by atoms with Crippen molar-refractivity contribution >= 4 is 18.7 Å². The minimum absolute atomic E-state index is 0.220. The maximum absolute atomic E-state index is 13.6. The number of carbonyl (C=O) groups excluding carboxylic acids is 1. The topological polar surface area (TPSA) is 78.9 Å². The van der Waals surface area contributed by atoms with Crippen molar-refractivity contribution in [2.75, 3.05) is 13.2 Å². The van der Waals surface area contributed by atoms with Gasteiger partial charge in [0, 0.05) is 6.04 Å². The average molecular weight is 346 g/mol. The lowest BCUT2D eigenvalue weighted by molar-refractivity contribution is -0.130. The van der Waals surface area contributed by atoms with Crippen molar-refractivity contribution in [2.45, 2.75) is 12.5 Å². The van der Waals surface area contributed by atoms with E-state index in [-0.39, 0.29) is 12.6 Å². The number of hydrogen-bond donors (Lipinski definition) is 2. The fraction of sp³-hybridized carbons (Fsp3) is 0.235. The van der Waals surface area contributed by atoms with Crippen LogP contribution in [0.5, 0.6) is 0 Å². The second kappa shape index (κ2) is 7.28. The summed E-state index contributed by atoms with van der Waals surface area (Å²) >= 11 is 0. The molecular weight excluding hydrogens is 327 g/mol. The SMILES string of the molecule is O=C(CN1C(c2ccccc2)CCOP1(=O)c1ccccc1)NO. The zero-order valence-electron chi connectivity index (χ0n) is 13.0. The van der Waals surface area contributed by atoms with E-state index in [1.165, 1.54) is 0 Å². The van der Waals surface area contributed by atoms with Gasteiger partial charge in [-0.05, 0) is 24.1 Å². The molecule has 2 N–H and O–H groups in total. The van der Waals surface area contributed by atoms with E-state index >= 15 is 0 Å². The third-order valence-electron chi connectivity index (χ3n) is 4.05. The van der Waals surface area contributed by atoms with Gasteiger partial charge in [0.2, 0.25) is 0 Å². The smallest absolute Gasteiger partial charge is 0.303 e. The Hall–Kier alpha value is -1.98. The van der Waals surface area contributed by atoms with Crippen LogP contribution in [-0.4, -0.2) is 28.9 Å². The summed E-state index contributed by atoms with van der Waals surface area (Å²) in [4.78, 5) is 11.8. The van der Waals surface area contributed by atoms with Crippen molar-refractivity contribution in [3.8, 4) is 0 Å². The van der Waals surface area contributed by atoms with Gasteiger partial charge in [-0.1, -0.05) is 48.5 Å². The summed E-state index contributed by atoms with van der Waals surface area (Å²) in [6.07, 6.45) is 0.611. The van der Waals surface area contributed by atoms with Crippen molar-refractivity contribution in [1.82, 2.24) is 10.2 Å². The Bertz CT molecular complexity index is 739. The van der Waals surface area contributed by atoms with E-state index in [9.17, 15) is 9.36 Å². The summed E-state index contributed by atoms with van der Waals surface area (Å²) in [5, 5.41) is 9.44. The first-order valence-corrected chi connectivity index (χ1v) is 9.28. The number of hydroxylamine groups is 1. The Morgan fingerprint density at radius 3 is 2.42 bits per heavy atom. The van der Waals surface area contributed by atoms with Crippen LogP contribution in [-0.2, 0) is 13.9 Å². The fourth-order valence-corrected chi connectivity index (χ4v) is 5.36. The maximum atomic E-state index is 13.6. The second-order valence-corrected chi connectivity index (χ2v) is 7.87. The van der Waals surface area contributed by atoms with Crippen LogP contribution in [0.15, 0.2) is 60.7 Å². The van der Waals surface area contributed by atoms with Crippen molar-refractivity contribution in [3.05, 3.63) is 66.2 Å². The molecule has 1 aliphatic rings. The molecule has 1 amide bonds. The van der Waals surface area contributed by atoms with Crippen molar-refractivity contribution in [3.63, 3.8) is 0 Å². The maximum Gasteiger partial charge on any atom is 0.303 e. The van der Waals surface area contributed by atoms with Gasteiger partial charge in [-0.25, -0.2) is 10.2 Å². The number of hydrogen-bond acceptors (Lipinski definition) is 4. The number of nitrogens with zero attached hydrogens (tertiary/aromatic N) is 1. The average Bonchev–Trinajstić information content (AvgIpc) is 2.64. The number of rotatable bonds is 4. The first kappa shape index (κ1) is 16.9. The molecule has 0 bridgehead atoms. The van der Waals surface area contributed by atoms with Crippen LogP contribution >= 0.6 is 7.52 Å². The first-order valence-electron chi connectivity index (χ1n) is 7.70. The Kier molecular flexibility index (Phi) is 5.11. The number of nitrogens with one attached hydrogen (secondary N) is 1. The number of amides is 1. The van der Waals surface area contributed by atoms with Crippen molar-refractivity contribution in [2.24, 2.45) is 0 Å². The molecule has 2 unspecified atom stereocenters. The van der Waals surface area contributed by atoms with Crippen LogP contribution in [0.4, 0.5) is 0 Å². The Labute approximate surface area is 140 Å².